The molecular weight excluding hydrogens is 256 g/mol. The highest BCUT2D eigenvalue weighted by molar-refractivity contribution is 7.13. The molecule has 2 aromatic heterocycles. The predicted molar refractivity (Wildman–Crippen MR) is 77.3 cm³/mol. The molecule has 3 nitrogen and oxygen atoms in total. The van der Waals surface area contributed by atoms with Crippen molar-refractivity contribution in [2.24, 2.45) is 0 Å². The van der Waals surface area contributed by atoms with Crippen LogP contribution in [0.4, 0.5) is 0 Å². The number of carbonyl (C=O) groups excluding carboxylic acids is 1. The average Bonchev–Trinajstić information content (AvgIpc) is 3.12. The Hall–Kier alpha value is -1.68. The minimum absolute atomic E-state index is 0.0205. The van der Waals surface area contributed by atoms with Crippen LogP contribution in [-0.2, 0) is 0 Å². The number of hydrogen-bond donors (Lipinski definition) is 1. The molecule has 0 saturated heterocycles. The molecule has 1 N–H and O–H groups in total. The number of aromatic nitrogens is 1. The Balaban J connectivity index is 1.77. The molecule has 98 valence electrons. The standard InChI is InChI=1S/C15H16N2OS/c18-15(17-12-4-1-2-5-12)11-7-8-16-13(10-11)14-6-3-9-19-14/h3,6-10,12H,1-2,4-5H2,(H,17,18). The number of nitrogens with zero attached hydrogens (tertiary/aromatic N) is 1. The molecule has 0 aliphatic heterocycles. The van der Waals surface area contributed by atoms with Gasteiger partial charge in [0.25, 0.3) is 5.91 Å². The summed E-state index contributed by atoms with van der Waals surface area (Å²) in [4.78, 5) is 17.6. The van der Waals surface area contributed by atoms with Crippen molar-refractivity contribution in [3.63, 3.8) is 0 Å². The molecule has 3 rings (SSSR count). The molecule has 0 aromatic carbocycles. The molecule has 1 fully saturated rings. The first-order chi connectivity index (χ1) is 9.33. The zero-order chi connectivity index (χ0) is 13.1. The molecule has 1 aliphatic rings. The zero-order valence-electron chi connectivity index (χ0n) is 10.6. The molecule has 2 aromatic rings. The van der Waals surface area contributed by atoms with Gasteiger partial charge < -0.3 is 5.32 Å². The molecule has 0 atom stereocenters. The molecular formula is C15H16N2OS. The third kappa shape index (κ3) is 2.84. The van der Waals surface area contributed by atoms with Crippen molar-refractivity contribution in [2.75, 3.05) is 0 Å². The van der Waals surface area contributed by atoms with Gasteiger partial charge in [-0.05, 0) is 36.4 Å². The molecule has 1 aliphatic carbocycles. The second kappa shape index (κ2) is 5.53. The first-order valence-corrected chi connectivity index (χ1v) is 7.52. The Bertz CT molecular complexity index is 559. The average molecular weight is 272 g/mol. The lowest BCUT2D eigenvalue weighted by Gasteiger charge is -2.12. The smallest absolute Gasteiger partial charge is 0.251 e. The monoisotopic (exact) mass is 272 g/mol. The van der Waals surface area contributed by atoms with Gasteiger partial charge in [0, 0.05) is 17.8 Å². The van der Waals surface area contributed by atoms with Crippen LogP contribution >= 0.6 is 11.3 Å². The lowest BCUT2D eigenvalue weighted by Crippen LogP contribution is -2.32. The molecule has 0 bridgehead atoms. The second-order valence-corrected chi connectivity index (χ2v) is 5.81. The number of pyridine rings is 1. The fourth-order valence-corrected chi connectivity index (χ4v) is 3.16. The van der Waals surface area contributed by atoms with E-state index < -0.39 is 0 Å². The maximum atomic E-state index is 12.2. The van der Waals surface area contributed by atoms with Crippen LogP contribution in [-0.4, -0.2) is 16.9 Å². The summed E-state index contributed by atoms with van der Waals surface area (Å²) >= 11 is 1.64. The number of carbonyl (C=O) groups is 1. The fraction of sp³-hybridized carbons (Fsp3) is 0.333. The zero-order valence-corrected chi connectivity index (χ0v) is 11.5. The Morgan fingerprint density at radius 1 is 1.32 bits per heavy atom. The molecule has 2 heterocycles. The van der Waals surface area contributed by atoms with Crippen LogP contribution in [0.25, 0.3) is 10.6 Å². The number of hydrogen-bond acceptors (Lipinski definition) is 3. The SMILES string of the molecule is O=C(NC1CCCC1)c1ccnc(-c2cccs2)c1. The van der Waals surface area contributed by atoms with Gasteiger partial charge in [-0.15, -0.1) is 11.3 Å². The van der Waals surface area contributed by atoms with Crippen LogP contribution < -0.4 is 5.32 Å². The van der Waals surface area contributed by atoms with E-state index in [0.29, 0.717) is 11.6 Å². The van der Waals surface area contributed by atoms with E-state index in [9.17, 15) is 4.79 Å². The van der Waals surface area contributed by atoms with E-state index in [1.54, 1.807) is 23.6 Å². The first kappa shape index (κ1) is 12.4. The Morgan fingerprint density at radius 2 is 2.16 bits per heavy atom. The largest absolute Gasteiger partial charge is 0.349 e. The molecule has 1 amide bonds. The Morgan fingerprint density at radius 3 is 2.89 bits per heavy atom. The highest BCUT2D eigenvalue weighted by atomic mass is 32.1. The summed E-state index contributed by atoms with van der Waals surface area (Å²) in [6.45, 7) is 0. The van der Waals surface area contributed by atoms with Crippen molar-refractivity contribution >= 4 is 17.2 Å². The molecule has 0 radical (unpaired) electrons. The van der Waals surface area contributed by atoms with Crippen molar-refractivity contribution < 1.29 is 4.79 Å². The van der Waals surface area contributed by atoms with Gasteiger partial charge >= 0.3 is 0 Å². The number of amides is 1. The van der Waals surface area contributed by atoms with Crippen molar-refractivity contribution in [3.8, 4) is 10.6 Å². The van der Waals surface area contributed by atoms with Gasteiger partial charge in [0.05, 0.1) is 10.6 Å². The third-order valence-electron chi connectivity index (χ3n) is 3.49. The van der Waals surface area contributed by atoms with Crippen molar-refractivity contribution in [2.45, 2.75) is 31.7 Å². The van der Waals surface area contributed by atoms with E-state index >= 15 is 0 Å². The van der Waals surface area contributed by atoms with Crippen LogP contribution in [0.5, 0.6) is 0 Å². The summed E-state index contributed by atoms with van der Waals surface area (Å²) in [5.41, 5.74) is 1.57. The highest BCUT2D eigenvalue weighted by Gasteiger charge is 2.18. The van der Waals surface area contributed by atoms with Crippen molar-refractivity contribution in [1.82, 2.24) is 10.3 Å². The Labute approximate surface area is 116 Å². The Kier molecular flexibility index (Phi) is 3.60. The lowest BCUT2D eigenvalue weighted by atomic mass is 10.1. The van der Waals surface area contributed by atoms with Gasteiger partial charge in [-0.2, -0.15) is 0 Å². The molecule has 4 heteroatoms. The van der Waals surface area contributed by atoms with Gasteiger partial charge in [-0.1, -0.05) is 18.9 Å². The molecule has 0 spiro atoms. The number of rotatable bonds is 3. The maximum absolute atomic E-state index is 12.2. The first-order valence-electron chi connectivity index (χ1n) is 6.64. The normalized spacial score (nSPS) is 15.6. The summed E-state index contributed by atoms with van der Waals surface area (Å²) in [7, 11) is 0. The van der Waals surface area contributed by atoms with Crippen LogP contribution in [0, 0.1) is 0 Å². The van der Waals surface area contributed by atoms with Gasteiger partial charge in [-0.3, -0.25) is 9.78 Å². The predicted octanol–water partition coefficient (Wildman–Crippen LogP) is 3.48. The van der Waals surface area contributed by atoms with E-state index in [1.807, 2.05) is 23.6 Å². The van der Waals surface area contributed by atoms with Crippen LogP contribution in [0.15, 0.2) is 35.8 Å². The molecule has 19 heavy (non-hydrogen) atoms. The van der Waals surface area contributed by atoms with E-state index in [-0.39, 0.29) is 5.91 Å². The molecule has 1 saturated carbocycles. The van der Waals surface area contributed by atoms with Gasteiger partial charge in [-0.25, -0.2) is 0 Å². The quantitative estimate of drug-likeness (QED) is 0.929. The van der Waals surface area contributed by atoms with E-state index in [4.69, 9.17) is 0 Å². The van der Waals surface area contributed by atoms with Gasteiger partial charge in [0.1, 0.15) is 0 Å². The summed E-state index contributed by atoms with van der Waals surface area (Å²) < 4.78 is 0. The summed E-state index contributed by atoms with van der Waals surface area (Å²) in [5.74, 6) is 0.0205. The fourth-order valence-electron chi connectivity index (χ4n) is 2.47. The van der Waals surface area contributed by atoms with E-state index in [1.165, 1.54) is 12.8 Å². The number of nitrogens with one attached hydrogen (secondary N) is 1. The van der Waals surface area contributed by atoms with Crippen molar-refractivity contribution in [3.05, 3.63) is 41.4 Å². The van der Waals surface area contributed by atoms with Gasteiger partial charge in [0.2, 0.25) is 0 Å². The minimum atomic E-state index is 0.0205. The second-order valence-electron chi connectivity index (χ2n) is 4.86. The highest BCUT2D eigenvalue weighted by Crippen LogP contribution is 2.23. The summed E-state index contributed by atoms with van der Waals surface area (Å²) in [6.07, 6.45) is 6.37. The topological polar surface area (TPSA) is 42.0 Å². The lowest BCUT2D eigenvalue weighted by molar-refractivity contribution is 0.0938. The van der Waals surface area contributed by atoms with Crippen LogP contribution in [0.3, 0.4) is 0 Å². The van der Waals surface area contributed by atoms with Crippen LogP contribution in [0.2, 0.25) is 0 Å². The summed E-state index contributed by atoms with van der Waals surface area (Å²) in [6, 6.07) is 8.02. The number of thiophene rings is 1. The molecule has 0 unspecified atom stereocenters. The third-order valence-corrected chi connectivity index (χ3v) is 4.38. The van der Waals surface area contributed by atoms with Gasteiger partial charge in [0.15, 0.2) is 0 Å². The van der Waals surface area contributed by atoms with E-state index in [2.05, 4.69) is 10.3 Å². The maximum Gasteiger partial charge on any atom is 0.251 e. The van der Waals surface area contributed by atoms with Crippen LogP contribution in [0.1, 0.15) is 36.0 Å². The summed E-state index contributed by atoms with van der Waals surface area (Å²) in [5, 5.41) is 5.12. The minimum Gasteiger partial charge on any atom is -0.349 e. The van der Waals surface area contributed by atoms with E-state index in [0.717, 1.165) is 23.4 Å². The van der Waals surface area contributed by atoms with Crippen molar-refractivity contribution in [1.29, 1.82) is 0 Å².